The minimum absolute atomic E-state index is 0.119. The molecule has 0 spiro atoms. The number of carbonyl (C=O) groups excluding carboxylic acids is 1. The molecular formula is C12H7FN2OS2. The van der Waals surface area contributed by atoms with Gasteiger partial charge in [0, 0.05) is 23.3 Å². The fraction of sp³-hybridized carbons (Fsp3) is 0. The fourth-order valence-electron chi connectivity index (χ4n) is 1.90. The molecule has 0 aliphatic carbocycles. The number of fused-ring (bicyclic) bond motifs is 1. The summed E-state index contributed by atoms with van der Waals surface area (Å²) in [4.78, 5) is 16.1. The zero-order valence-electron chi connectivity index (χ0n) is 9.04. The molecule has 0 saturated carbocycles. The van der Waals surface area contributed by atoms with Crippen LogP contribution in [-0.2, 0) is 0 Å². The van der Waals surface area contributed by atoms with Crippen LogP contribution in [0.3, 0.4) is 0 Å². The largest absolute Gasteiger partial charge is 0.298 e. The van der Waals surface area contributed by atoms with Gasteiger partial charge in [-0.15, -0.1) is 15.2 Å². The molecule has 2 heterocycles. The average Bonchev–Trinajstić information content (AvgIpc) is 3.06. The van der Waals surface area contributed by atoms with E-state index >= 15 is 0 Å². The standard InChI is InChI=1S/C12H7FN2OS2/c13-18-15-2-1-10-9(6-16)3-8(4-11(10)15)12-5-14-7-17-12/h1-7H. The van der Waals surface area contributed by atoms with Gasteiger partial charge in [-0.05, 0) is 23.8 Å². The van der Waals surface area contributed by atoms with Gasteiger partial charge in [0.05, 0.1) is 15.9 Å². The van der Waals surface area contributed by atoms with Crippen molar-refractivity contribution in [3.05, 3.63) is 41.7 Å². The SMILES string of the molecule is O=Cc1cc(-c2cncs2)cc2c1ccn2SF. The molecule has 0 saturated heterocycles. The monoisotopic (exact) mass is 278 g/mol. The minimum Gasteiger partial charge on any atom is -0.298 e. The van der Waals surface area contributed by atoms with E-state index in [1.165, 1.54) is 15.3 Å². The van der Waals surface area contributed by atoms with Crippen LogP contribution in [0.25, 0.3) is 21.3 Å². The highest BCUT2D eigenvalue weighted by atomic mass is 32.2. The second-order valence-electron chi connectivity index (χ2n) is 3.69. The Morgan fingerprint density at radius 3 is 3.00 bits per heavy atom. The van der Waals surface area contributed by atoms with E-state index in [1.54, 1.807) is 30.0 Å². The minimum atomic E-state index is 0.119. The van der Waals surface area contributed by atoms with Crippen LogP contribution in [0.2, 0.25) is 0 Å². The van der Waals surface area contributed by atoms with Crippen LogP contribution >= 0.6 is 23.7 Å². The first-order valence-electron chi connectivity index (χ1n) is 5.11. The van der Waals surface area contributed by atoms with Crippen molar-refractivity contribution in [3.8, 4) is 10.4 Å². The average molecular weight is 278 g/mol. The third kappa shape index (κ3) is 1.74. The van der Waals surface area contributed by atoms with Crippen molar-refractivity contribution in [2.75, 3.05) is 0 Å². The lowest BCUT2D eigenvalue weighted by molar-refractivity contribution is 0.112. The van der Waals surface area contributed by atoms with E-state index in [4.69, 9.17) is 0 Å². The highest BCUT2D eigenvalue weighted by Crippen LogP contribution is 2.31. The molecule has 0 N–H and O–H groups in total. The predicted octanol–water partition coefficient (Wildman–Crippen LogP) is 3.96. The van der Waals surface area contributed by atoms with Crippen LogP contribution in [0.15, 0.2) is 36.1 Å². The normalized spacial score (nSPS) is 10.9. The van der Waals surface area contributed by atoms with Gasteiger partial charge < -0.3 is 0 Å². The van der Waals surface area contributed by atoms with Crippen molar-refractivity contribution in [1.82, 2.24) is 8.96 Å². The number of benzene rings is 1. The van der Waals surface area contributed by atoms with Crippen molar-refractivity contribution in [2.45, 2.75) is 0 Å². The Balaban J connectivity index is 2.31. The third-order valence-corrected chi connectivity index (χ3v) is 4.01. The summed E-state index contributed by atoms with van der Waals surface area (Å²) in [5, 5.41) is 0.753. The summed E-state index contributed by atoms with van der Waals surface area (Å²) in [5.41, 5.74) is 3.85. The van der Waals surface area contributed by atoms with Crippen LogP contribution in [-0.4, -0.2) is 15.2 Å². The summed E-state index contributed by atoms with van der Waals surface area (Å²) in [6.45, 7) is 0. The van der Waals surface area contributed by atoms with Crippen molar-refractivity contribution in [1.29, 1.82) is 0 Å². The summed E-state index contributed by atoms with van der Waals surface area (Å²) >= 11 is 1.60. The van der Waals surface area contributed by atoms with Gasteiger partial charge in [-0.2, -0.15) is 0 Å². The Morgan fingerprint density at radius 2 is 2.33 bits per heavy atom. The lowest BCUT2D eigenvalue weighted by Gasteiger charge is -2.03. The number of thiazole rings is 1. The van der Waals surface area contributed by atoms with Gasteiger partial charge in [-0.25, -0.2) is 0 Å². The molecule has 0 amide bonds. The first-order chi connectivity index (χ1) is 8.83. The number of rotatable bonds is 3. The number of nitrogens with zero attached hydrogens (tertiary/aromatic N) is 2. The van der Waals surface area contributed by atoms with E-state index in [0.717, 1.165) is 22.1 Å². The molecular weight excluding hydrogens is 271 g/mol. The molecule has 6 heteroatoms. The summed E-state index contributed by atoms with van der Waals surface area (Å²) < 4.78 is 14.2. The van der Waals surface area contributed by atoms with E-state index in [1.807, 2.05) is 6.07 Å². The number of aldehydes is 1. The number of aromatic nitrogens is 2. The molecule has 0 unspecified atom stereocenters. The van der Waals surface area contributed by atoms with Gasteiger partial charge in [0.25, 0.3) is 0 Å². The van der Waals surface area contributed by atoms with E-state index in [0.29, 0.717) is 11.1 Å². The molecule has 0 bridgehead atoms. The van der Waals surface area contributed by atoms with Gasteiger partial charge in [0.15, 0.2) is 18.6 Å². The van der Waals surface area contributed by atoms with Gasteiger partial charge >= 0.3 is 0 Å². The Labute approximate surface area is 111 Å². The maximum absolute atomic E-state index is 12.8. The van der Waals surface area contributed by atoms with Crippen LogP contribution in [0.1, 0.15) is 10.4 Å². The Kier molecular flexibility index (Phi) is 2.89. The molecule has 1 aromatic carbocycles. The Hall–Kier alpha value is -1.66. The highest BCUT2D eigenvalue weighted by molar-refractivity contribution is 7.92. The van der Waals surface area contributed by atoms with Gasteiger partial charge in [0.1, 0.15) is 0 Å². The van der Waals surface area contributed by atoms with Crippen molar-refractivity contribution < 1.29 is 8.68 Å². The second kappa shape index (κ2) is 4.55. The smallest absolute Gasteiger partial charge is 0.169 e. The molecule has 90 valence electrons. The molecule has 3 nitrogen and oxygen atoms in total. The van der Waals surface area contributed by atoms with Crippen LogP contribution in [0, 0.1) is 0 Å². The Morgan fingerprint density at radius 1 is 1.44 bits per heavy atom. The molecule has 18 heavy (non-hydrogen) atoms. The third-order valence-electron chi connectivity index (χ3n) is 2.72. The van der Waals surface area contributed by atoms with Crippen LogP contribution in [0.4, 0.5) is 3.89 Å². The first-order valence-corrected chi connectivity index (χ1v) is 6.67. The summed E-state index contributed by atoms with van der Waals surface area (Å²) in [5.74, 6) is 0. The molecule has 3 aromatic rings. The van der Waals surface area contributed by atoms with Crippen LogP contribution in [0.5, 0.6) is 0 Å². The number of hydrogen-bond acceptors (Lipinski definition) is 4. The molecule has 0 aliphatic heterocycles. The quantitative estimate of drug-likeness (QED) is 0.680. The van der Waals surface area contributed by atoms with E-state index < -0.39 is 0 Å². The maximum atomic E-state index is 12.8. The topological polar surface area (TPSA) is 34.9 Å². The molecule has 2 aromatic heterocycles. The van der Waals surface area contributed by atoms with E-state index in [9.17, 15) is 8.68 Å². The zero-order valence-corrected chi connectivity index (χ0v) is 10.7. The van der Waals surface area contributed by atoms with E-state index in [2.05, 4.69) is 4.98 Å². The number of hydrogen-bond donors (Lipinski definition) is 0. The highest BCUT2D eigenvalue weighted by Gasteiger charge is 2.10. The fourth-order valence-corrected chi connectivity index (χ4v) is 2.85. The van der Waals surface area contributed by atoms with Gasteiger partial charge in [0.2, 0.25) is 0 Å². The molecule has 0 atom stereocenters. The Bertz CT molecular complexity index is 706. The van der Waals surface area contributed by atoms with Crippen molar-refractivity contribution in [2.24, 2.45) is 0 Å². The van der Waals surface area contributed by atoms with Crippen molar-refractivity contribution in [3.63, 3.8) is 0 Å². The molecule has 0 fully saturated rings. The first kappa shape index (κ1) is 11.4. The number of halogens is 1. The summed E-state index contributed by atoms with van der Waals surface area (Å²) in [7, 11) is 0. The molecule has 0 radical (unpaired) electrons. The number of carbonyl (C=O) groups is 1. The predicted molar refractivity (Wildman–Crippen MR) is 72.5 cm³/mol. The molecule has 0 aliphatic rings. The van der Waals surface area contributed by atoms with Crippen LogP contribution < -0.4 is 0 Å². The summed E-state index contributed by atoms with van der Waals surface area (Å²) in [6.07, 6.45) is 4.13. The van der Waals surface area contributed by atoms with Gasteiger partial charge in [-0.3, -0.25) is 13.8 Å². The van der Waals surface area contributed by atoms with Gasteiger partial charge in [-0.1, -0.05) is 0 Å². The summed E-state index contributed by atoms with van der Waals surface area (Å²) in [6, 6.07) is 5.40. The second-order valence-corrected chi connectivity index (χ2v) is 5.11. The van der Waals surface area contributed by atoms with E-state index in [-0.39, 0.29) is 12.3 Å². The van der Waals surface area contributed by atoms with Crippen molar-refractivity contribution >= 4 is 40.9 Å². The maximum Gasteiger partial charge on any atom is 0.169 e. The lowest BCUT2D eigenvalue weighted by atomic mass is 10.1. The molecule has 3 rings (SSSR count). The zero-order chi connectivity index (χ0) is 12.5. The lowest BCUT2D eigenvalue weighted by Crippen LogP contribution is -1.86.